The maximum Gasteiger partial charge on any atom is 0.237 e. The number of hydrogen-bond acceptors (Lipinski definition) is 5. The normalized spacial score (nSPS) is 20.4. The maximum atomic E-state index is 13.0. The fourth-order valence-corrected chi connectivity index (χ4v) is 4.62. The van der Waals surface area contributed by atoms with Crippen molar-refractivity contribution in [3.05, 3.63) is 29.3 Å². The van der Waals surface area contributed by atoms with Crippen LogP contribution in [0.5, 0.6) is 5.75 Å². The van der Waals surface area contributed by atoms with Crippen molar-refractivity contribution >= 4 is 11.8 Å². The second-order valence-electron chi connectivity index (χ2n) is 8.79. The van der Waals surface area contributed by atoms with E-state index in [-0.39, 0.29) is 11.8 Å². The number of aryl methyl sites for hydroxylation is 1. The molecule has 0 bridgehead atoms. The molecule has 0 unspecified atom stereocenters. The zero-order valence-corrected chi connectivity index (χ0v) is 18.5. The SMILES string of the molecule is O=C(CCc1ccc2c(c1)CN(C(=O)CN1CCCCCC1)CCO2)N1CCOCC1. The zero-order chi connectivity index (χ0) is 21.5. The summed E-state index contributed by atoms with van der Waals surface area (Å²) in [6.45, 7) is 6.89. The molecule has 0 aromatic heterocycles. The van der Waals surface area contributed by atoms with Crippen LogP contribution >= 0.6 is 0 Å². The van der Waals surface area contributed by atoms with Crippen molar-refractivity contribution in [1.82, 2.24) is 14.7 Å². The number of likely N-dealkylation sites (tertiary alicyclic amines) is 1. The molecule has 1 aromatic rings. The molecule has 0 saturated carbocycles. The maximum absolute atomic E-state index is 13.0. The molecule has 170 valence electrons. The first-order valence-corrected chi connectivity index (χ1v) is 11.8. The Bertz CT molecular complexity index is 755. The van der Waals surface area contributed by atoms with Gasteiger partial charge in [0.2, 0.25) is 11.8 Å². The highest BCUT2D eigenvalue weighted by Crippen LogP contribution is 2.25. The second kappa shape index (κ2) is 11.0. The van der Waals surface area contributed by atoms with Crippen LogP contribution in [-0.4, -0.2) is 85.6 Å². The lowest BCUT2D eigenvalue weighted by molar-refractivity contribution is -0.135. The minimum Gasteiger partial charge on any atom is -0.491 e. The number of nitrogens with zero attached hydrogens (tertiary/aromatic N) is 3. The molecule has 0 spiro atoms. The van der Waals surface area contributed by atoms with Crippen molar-refractivity contribution in [3.63, 3.8) is 0 Å². The first-order valence-electron chi connectivity index (χ1n) is 11.8. The molecule has 1 aromatic carbocycles. The molecule has 0 radical (unpaired) electrons. The second-order valence-corrected chi connectivity index (χ2v) is 8.79. The summed E-state index contributed by atoms with van der Waals surface area (Å²) in [5.74, 6) is 1.23. The molecular formula is C24H35N3O4. The van der Waals surface area contributed by atoms with Gasteiger partial charge in [-0.3, -0.25) is 14.5 Å². The van der Waals surface area contributed by atoms with E-state index >= 15 is 0 Å². The van der Waals surface area contributed by atoms with Crippen LogP contribution in [0.3, 0.4) is 0 Å². The highest BCUT2D eigenvalue weighted by atomic mass is 16.5. The van der Waals surface area contributed by atoms with Crippen LogP contribution in [-0.2, 0) is 27.3 Å². The van der Waals surface area contributed by atoms with E-state index in [0.29, 0.717) is 65.4 Å². The van der Waals surface area contributed by atoms with Gasteiger partial charge < -0.3 is 19.3 Å². The lowest BCUT2D eigenvalue weighted by atomic mass is 10.0. The van der Waals surface area contributed by atoms with Gasteiger partial charge in [-0.1, -0.05) is 25.0 Å². The van der Waals surface area contributed by atoms with E-state index in [1.54, 1.807) is 0 Å². The first-order chi connectivity index (χ1) is 15.2. The Morgan fingerprint density at radius 3 is 2.35 bits per heavy atom. The average Bonchev–Trinajstić information content (AvgIpc) is 3.18. The fourth-order valence-electron chi connectivity index (χ4n) is 4.62. The number of ether oxygens (including phenoxy) is 2. The monoisotopic (exact) mass is 429 g/mol. The molecule has 0 N–H and O–H groups in total. The third kappa shape index (κ3) is 6.20. The van der Waals surface area contributed by atoms with Gasteiger partial charge >= 0.3 is 0 Å². The molecule has 3 aliphatic rings. The number of carbonyl (C=O) groups is 2. The van der Waals surface area contributed by atoms with Crippen LogP contribution in [0.4, 0.5) is 0 Å². The van der Waals surface area contributed by atoms with Crippen LogP contribution in [0, 0.1) is 0 Å². The first kappa shape index (κ1) is 22.1. The number of morpholine rings is 1. The van der Waals surface area contributed by atoms with Crippen LogP contribution in [0.25, 0.3) is 0 Å². The zero-order valence-electron chi connectivity index (χ0n) is 18.5. The standard InChI is InChI=1S/C24H35N3O4/c28-23(26-11-14-30-15-12-26)8-6-20-5-7-22-21(17-20)18-27(13-16-31-22)24(29)19-25-9-3-1-2-4-10-25/h5,7,17H,1-4,6,8-16,18-19H2. The van der Waals surface area contributed by atoms with Gasteiger partial charge in [-0.05, 0) is 44.0 Å². The molecule has 2 saturated heterocycles. The topological polar surface area (TPSA) is 62.3 Å². The summed E-state index contributed by atoms with van der Waals surface area (Å²) >= 11 is 0. The number of amides is 2. The Kier molecular flexibility index (Phi) is 7.81. The van der Waals surface area contributed by atoms with Crippen molar-refractivity contribution in [2.45, 2.75) is 45.1 Å². The van der Waals surface area contributed by atoms with Gasteiger partial charge in [0.05, 0.1) is 26.3 Å². The molecular weight excluding hydrogens is 394 g/mol. The lowest BCUT2D eigenvalue weighted by Gasteiger charge is -2.27. The molecule has 0 atom stereocenters. The van der Waals surface area contributed by atoms with Gasteiger partial charge in [-0.25, -0.2) is 0 Å². The van der Waals surface area contributed by atoms with Crippen LogP contribution < -0.4 is 4.74 Å². The minimum absolute atomic E-state index is 0.184. The summed E-state index contributed by atoms with van der Waals surface area (Å²) in [7, 11) is 0. The largest absolute Gasteiger partial charge is 0.491 e. The van der Waals surface area contributed by atoms with Crippen molar-refractivity contribution in [2.75, 3.05) is 59.1 Å². The van der Waals surface area contributed by atoms with Crippen molar-refractivity contribution in [1.29, 1.82) is 0 Å². The summed E-state index contributed by atoms with van der Waals surface area (Å²) < 4.78 is 11.2. The summed E-state index contributed by atoms with van der Waals surface area (Å²) in [4.78, 5) is 31.6. The summed E-state index contributed by atoms with van der Waals surface area (Å²) in [6, 6.07) is 6.15. The predicted molar refractivity (Wildman–Crippen MR) is 118 cm³/mol. The average molecular weight is 430 g/mol. The quantitative estimate of drug-likeness (QED) is 0.717. The smallest absolute Gasteiger partial charge is 0.237 e. The van der Waals surface area contributed by atoms with Crippen LogP contribution in [0.15, 0.2) is 18.2 Å². The Balaban J connectivity index is 1.34. The van der Waals surface area contributed by atoms with Gasteiger partial charge in [0.25, 0.3) is 0 Å². The molecule has 2 amide bonds. The van der Waals surface area contributed by atoms with E-state index < -0.39 is 0 Å². The van der Waals surface area contributed by atoms with Crippen molar-refractivity contribution in [3.8, 4) is 5.75 Å². The van der Waals surface area contributed by atoms with E-state index in [0.717, 1.165) is 30.0 Å². The van der Waals surface area contributed by atoms with Gasteiger partial charge in [0.1, 0.15) is 12.4 Å². The molecule has 31 heavy (non-hydrogen) atoms. The molecule has 3 aliphatic heterocycles. The number of fused-ring (bicyclic) bond motifs is 1. The third-order valence-corrected chi connectivity index (χ3v) is 6.51. The van der Waals surface area contributed by atoms with E-state index in [1.807, 2.05) is 21.9 Å². The summed E-state index contributed by atoms with van der Waals surface area (Å²) in [6.07, 6.45) is 6.11. The summed E-state index contributed by atoms with van der Waals surface area (Å²) in [5, 5.41) is 0. The van der Waals surface area contributed by atoms with Crippen LogP contribution in [0.1, 0.15) is 43.2 Å². The van der Waals surface area contributed by atoms with Crippen molar-refractivity contribution < 1.29 is 19.1 Å². The number of rotatable bonds is 5. The van der Waals surface area contributed by atoms with Crippen LogP contribution in [0.2, 0.25) is 0 Å². The Morgan fingerprint density at radius 1 is 0.839 bits per heavy atom. The van der Waals surface area contributed by atoms with Gasteiger partial charge in [0, 0.05) is 31.6 Å². The molecule has 3 heterocycles. The molecule has 4 rings (SSSR count). The molecule has 0 aliphatic carbocycles. The highest BCUT2D eigenvalue weighted by molar-refractivity contribution is 5.78. The van der Waals surface area contributed by atoms with E-state index in [4.69, 9.17) is 9.47 Å². The number of benzene rings is 1. The minimum atomic E-state index is 0.184. The molecule has 7 nitrogen and oxygen atoms in total. The predicted octanol–water partition coefficient (Wildman–Crippen LogP) is 2.08. The third-order valence-electron chi connectivity index (χ3n) is 6.51. The Hall–Kier alpha value is -2.12. The van der Waals surface area contributed by atoms with E-state index in [2.05, 4.69) is 11.0 Å². The lowest BCUT2D eigenvalue weighted by Crippen LogP contribution is -2.41. The van der Waals surface area contributed by atoms with Crippen molar-refractivity contribution in [2.24, 2.45) is 0 Å². The van der Waals surface area contributed by atoms with Gasteiger partial charge in [-0.2, -0.15) is 0 Å². The number of hydrogen-bond donors (Lipinski definition) is 0. The van der Waals surface area contributed by atoms with E-state index in [1.165, 1.54) is 25.7 Å². The molecule has 2 fully saturated rings. The molecule has 7 heteroatoms. The number of carbonyl (C=O) groups excluding carboxylic acids is 2. The fraction of sp³-hybridized carbons (Fsp3) is 0.667. The van der Waals surface area contributed by atoms with Gasteiger partial charge in [0.15, 0.2) is 0 Å². The van der Waals surface area contributed by atoms with E-state index in [9.17, 15) is 9.59 Å². The highest BCUT2D eigenvalue weighted by Gasteiger charge is 2.23. The Morgan fingerprint density at radius 2 is 1.58 bits per heavy atom. The summed E-state index contributed by atoms with van der Waals surface area (Å²) in [5.41, 5.74) is 2.16. The van der Waals surface area contributed by atoms with Gasteiger partial charge in [-0.15, -0.1) is 0 Å². The Labute approximate surface area is 185 Å².